The Morgan fingerprint density at radius 2 is 1.87 bits per heavy atom. The van der Waals surface area contributed by atoms with Crippen LogP contribution in [0.3, 0.4) is 0 Å². The molecule has 2 aromatic rings. The Morgan fingerprint density at radius 3 is 2.47 bits per heavy atom. The van der Waals surface area contributed by atoms with E-state index in [-0.39, 0.29) is 17.4 Å². The molecule has 0 radical (unpaired) electrons. The Labute approximate surface area is 177 Å². The molecule has 2 fully saturated rings. The Kier molecular flexibility index (Phi) is 5.73. The topological polar surface area (TPSA) is 107 Å². The molecule has 2 aliphatic rings. The van der Waals surface area contributed by atoms with E-state index in [1.54, 1.807) is 18.2 Å². The molecule has 1 aromatic carbocycles. The van der Waals surface area contributed by atoms with Gasteiger partial charge >= 0.3 is 0 Å². The Hall–Kier alpha value is -2.18. The van der Waals surface area contributed by atoms with Gasteiger partial charge in [0.15, 0.2) is 6.29 Å². The summed E-state index contributed by atoms with van der Waals surface area (Å²) in [6.45, 7) is 2.94. The average Bonchev–Trinajstić information content (AvgIpc) is 3.31. The van der Waals surface area contributed by atoms with Crippen molar-refractivity contribution in [3.8, 4) is 6.07 Å². The highest BCUT2D eigenvalue weighted by Crippen LogP contribution is 2.44. The molecule has 0 atom stereocenters. The van der Waals surface area contributed by atoms with Crippen molar-refractivity contribution < 1.29 is 18.6 Å². The summed E-state index contributed by atoms with van der Waals surface area (Å²) >= 11 is 0. The summed E-state index contributed by atoms with van der Waals surface area (Å²) in [6.07, 6.45) is 2.48. The largest absolute Gasteiger partial charge is 0.367 e. The van der Waals surface area contributed by atoms with Gasteiger partial charge in [-0.05, 0) is 49.8 Å². The number of rotatable bonds is 7. The molecule has 2 heterocycles. The van der Waals surface area contributed by atoms with Crippen molar-refractivity contribution in [3.63, 3.8) is 0 Å². The lowest BCUT2D eigenvalue weighted by molar-refractivity contribution is -0.0520. The fourth-order valence-corrected chi connectivity index (χ4v) is 6.23. The molecule has 160 valence electrons. The molecular formula is C22H27N3O4S. The number of aromatic nitrogens is 1. The van der Waals surface area contributed by atoms with E-state index in [0.717, 1.165) is 42.6 Å². The number of hydrogen-bond acceptors (Lipinski definition) is 5. The molecule has 1 saturated carbocycles. The second-order valence-corrected chi connectivity index (χ2v) is 10.1. The maximum Gasteiger partial charge on any atom is 0.243 e. The lowest BCUT2D eigenvalue weighted by Crippen LogP contribution is -2.28. The summed E-state index contributed by atoms with van der Waals surface area (Å²) in [5.41, 5.74) is 3.61. The van der Waals surface area contributed by atoms with Crippen LogP contribution in [0.1, 0.15) is 59.7 Å². The molecule has 1 aromatic heterocycles. The van der Waals surface area contributed by atoms with Crippen LogP contribution < -0.4 is 0 Å². The van der Waals surface area contributed by atoms with Crippen molar-refractivity contribution in [2.45, 2.75) is 62.7 Å². The third-order valence-corrected chi connectivity index (χ3v) is 8.13. The minimum atomic E-state index is -3.58. The Balaban J connectivity index is 1.78. The van der Waals surface area contributed by atoms with Crippen LogP contribution >= 0.6 is 0 Å². The zero-order valence-corrected chi connectivity index (χ0v) is 17.9. The molecule has 2 N–H and O–H groups in total. The maximum absolute atomic E-state index is 13.2. The number of nitrogens with zero attached hydrogens (tertiary/aromatic N) is 3. The fourth-order valence-electron chi connectivity index (χ4n) is 4.49. The molecular weight excluding hydrogens is 402 g/mol. The molecule has 0 unspecified atom stereocenters. The van der Waals surface area contributed by atoms with Gasteiger partial charge in [-0.25, -0.2) is 8.42 Å². The van der Waals surface area contributed by atoms with Gasteiger partial charge in [0.2, 0.25) is 10.0 Å². The number of benzene rings is 1. The molecule has 0 amide bonds. The zero-order valence-electron chi connectivity index (χ0n) is 17.1. The standard InChI is InChI=1S/C22H27N3O4S/c1-15-18(19(13-23)22(16-8-9-16)25(15)14-21(26)27)12-17-6-2-3-7-20(17)30(28,29)24-10-4-5-11-24/h2-3,6-7,16,21,26-27H,4-5,8-12,14H2,1H3. The Morgan fingerprint density at radius 1 is 1.20 bits per heavy atom. The van der Waals surface area contributed by atoms with Crippen molar-refractivity contribution >= 4 is 10.0 Å². The molecule has 0 bridgehead atoms. The van der Waals surface area contributed by atoms with Crippen molar-refractivity contribution in [2.75, 3.05) is 13.1 Å². The highest BCUT2D eigenvalue weighted by atomic mass is 32.2. The summed E-state index contributed by atoms with van der Waals surface area (Å²) in [4.78, 5) is 0.290. The molecule has 1 aliphatic carbocycles. The quantitative estimate of drug-likeness (QED) is 0.657. The monoisotopic (exact) mass is 429 g/mol. The van der Waals surface area contributed by atoms with Crippen LogP contribution in [0.4, 0.5) is 0 Å². The minimum absolute atomic E-state index is 0.0000693. The third kappa shape index (κ3) is 3.79. The van der Waals surface area contributed by atoms with Crippen molar-refractivity contribution in [1.82, 2.24) is 8.87 Å². The molecule has 1 aliphatic heterocycles. The van der Waals surface area contributed by atoms with E-state index in [0.29, 0.717) is 30.6 Å². The van der Waals surface area contributed by atoms with Gasteiger partial charge in [0.05, 0.1) is 17.0 Å². The van der Waals surface area contributed by atoms with Gasteiger partial charge in [0.1, 0.15) is 6.07 Å². The minimum Gasteiger partial charge on any atom is -0.367 e. The number of aliphatic hydroxyl groups is 2. The normalized spacial score (nSPS) is 17.6. The van der Waals surface area contributed by atoms with Gasteiger partial charge < -0.3 is 14.8 Å². The number of hydrogen-bond donors (Lipinski definition) is 2. The smallest absolute Gasteiger partial charge is 0.243 e. The first kappa shape index (κ1) is 21.1. The maximum atomic E-state index is 13.2. The van der Waals surface area contributed by atoms with Crippen molar-refractivity contribution in [1.29, 1.82) is 5.26 Å². The van der Waals surface area contributed by atoms with E-state index in [1.165, 1.54) is 4.31 Å². The highest BCUT2D eigenvalue weighted by molar-refractivity contribution is 7.89. The highest BCUT2D eigenvalue weighted by Gasteiger charge is 2.34. The van der Waals surface area contributed by atoms with Crippen molar-refractivity contribution in [2.24, 2.45) is 0 Å². The number of aliphatic hydroxyl groups excluding tert-OH is 1. The first-order chi connectivity index (χ1) is 14.3. The van der Waals surface area contributed by atoms with Gasteiger partial charge in [0, 0.05) is 36.8 Å². The van der Waals surface area contributed by atoms with Gasteiger partial charge in [-0.2, -0.15) is 9.57 Å². The van der Waals surface area contributed by atoms with Gasteiger partial charge in [-0.15, -0.1) is 0 Å². The molecule has 0 spiro atoms. The summed E-state index contributed by atoms with van der Waals surface area (Å²) in [5, 5.41) is 29.0. The molecule has 8 heteroatoms. The van der Waals surface area contributed by atoms with Crippen LogP contribution in [-0.4, -0.2) is 46.9 Å². The first-order valence-corrected chi connectivity index (χ1v) is 11.8. The first-order valence-electron chi connectivity index (χ1n) is 10.4. The van der Waals surface area contributed by atoms with E-state index in [4.69, 9.17) is 0 Å². The molecule has 4 rings (SSSR count). The predicted molar refractivity (Wildman–Crippen MR) is 111 cm³/mol. The average molecular weight is 430 g/mol. The fraction of sp³-hybridized carbons (Fsp3) is 0.500. The van der Waals surface area contributed by atoms with Crippen LogP contribution in [0.2, 0.25) is 0 Å². The zero-order chi connectivity index (χ0) is 21.5. The van der Waals surface area contributed by atoms with Crippen molar-refractivity contribution in [3.05, 3.63) is 52.3 Å². The van der Waals surface area contributed by atoms with Gasteiger partial charge in [0.25, 0.3) is 0 Å². The predicted octanol–water partition coefficient (Wildman–Crippen LogP) is 2.23. The molecule has 30 heavy (non-hydrogen) atoms. The summed E-state index contributed by atoms with van der Waals surface area (Å²) in [5.74, 6) is 0.245. The van der Waals surface area contributed by atoms with E-state index in [1.807, 2.05) is 17.6 Å². The molecule has 1 saturated heterocycles. The third-order valence-electron chi connectivity index (χ3n) is 6.13. The van der Waals surface area contributed by atoms with Gasteiger partial charge in [-0.1, -0.05) is 18.2 Å². The molecule has 7 nitrogen and oxygen atoms in total. The van der Waals surface area contributed by atoms with Crippen LogP contribution in [0.5, 0.6) is 0 Å². The lowest BCUT2D eigenvalue weighted by atomic mass is 10.00. The van der Waals surface area contributed by atoms with Crippen LogP contribution in [0.25, 0.3) is 0 Å². The Bertz CT molecular complexity index is 1090. The van der Waals surface area contributed by atoms with Crippen LogP contribution in [-0.2, 0) is 23.0 Å². The van der Waals surface area contributed by atoms with E-state index < -0.39 is 16.3 Å². The summed E-state index contributed by atoms with van der Waals surface area (Å²) in [6, 6.07) is 9.30. The summed E-state index contributed by atoms with van der Waals surface area (Å²) < 4.78 is 29.8. The number of sulfonamides is 1. The lowest BCUT2D eigenvalue weighted by Gasteiger charge is -2.18. The van der Waals surface area contributed by atoms with Gasteiger partial charge in [-0.3, -0.25) is 0 Å². The summed E-state index contributed by atoms with van der Waals surface area (Å²) in [7, 11) is -3.58. The van der Waals surface area contributed by atoms with Crippen LogP contribution in [0, 0.1) is 18.3 Å². The van der Waals surface area contributed by atoms with E-state index in [2.05, 4.69) is 6.07 Å². The van der Waals surface area contributed by atoms with E-state index in [9.17, 15) is 23.9 Å². The second kappa shape index (κ2) is 8.16. The number of nitriles is 1. The SMILES string of the molecule is Cc1c(Cc2ccccc2S(=O)(=O)N2CCCC2)c(C#N)c(C2CC2)n1CC(O)O. The van der Waals surface area contributed by atoms with Crippen LogP contribution in [0.15, 0.2) is 29.2 Å². The van der Waals surface area contributed by atoms with E-state index >= 15 is 0 Å². The second-order valence-electron chi connectivity index (χ2n) is 8.20.